The van der Waals surface area contributed by atoms with Crippen molar-refractivity contribution in [1.82, 2.24) is 4.72 Å². The van der Waals surface area contributed by atoms with E-state index in [9.17, 15) is 17.9 Å². The van der Waals surface area contributed by atoms with Gasteiger partial charge in [-0.05, 0) is 55.8 Å². The maximum Gasteiger partial charge on any atom is 0.243 e. The molecular formula is C12H18BrFN2O3S. The Morgan fingerprint density at radius 2 is 1.80 bits per heavy atom. The fourth-order valence-corrected chi connectivity index (χ4v) is 3.46. The van der Waals surface area contributed by atoms with E-state index in [0.29, 0.717) is 0 Å². The second-order valence-electron chi connectivity index (χ2n) is 5.59. The van der Waals surface area contributed by atoms with Crippen LogP contribution in [0.25, 0.3) is 0 Å². The van der Waals surface area contributed by atoms with E-state index in [1.165, 1.54) is 13.8 Å². The highest BCUT2D eigenvalue weighted by atomic mass is 79.9. The topological polar surface area (TPSA) is 92.4 Å². The molecule has 1 rings (SSSR count). The highest BCUT2D eigenvalue weighted by Crippen LogP contribution is 2.29. The first kappa shape index (κ1) is 17.4. The summed E-state index contributed by atoms with van der Waals surface area (Å²) in [6.07, 6.45) is 0. The summed E-state index contributed by atoms with van der Waals surface area (Å²) in [7, 11) is -4.00. The minimum Gasteiger partial charge on any atom is -0.398 e. The van der Waals surface area contributed by atoms with E-state index >= 15 is 0 Å². The van der Waals surface area contributed by atoms with Crippen molar-refractivity contribution in [3.05, 3.63) is 22.4 Å². The minimum absolute atomic E-state index is 0.00635. The zero-order chi connectivity index (χ0) is 15.9. The van der Waals surface area contributed by atoms with Gasteiger partial charge in [-0.15, -0.1) is 0 Å². The molecule has 0 aliphatic carbocycles. The average molecular weight is 369 g/mol. The molecule has 0 aromatic heterocycles. The molecule has 0 saturated carbocycles. The number of nitrogens with two attached hydrogens (primary N) is 1. The van der Waals surface area contributed by atoms with Crippen LogP contribution in [0.4, 0.5) is 10.1 Å². The Balaban J connectivity index is 3.29. The summed E-state index contributed by atoms with van der Waals surface area (Å²) in [5.41, 5.74) is 2.92. The summed E-state index contributed by atoms with van der Waals surface area (Å²) < 4.78 is 40.3. The molecule has 0 bridgehead atoms. The average Bonchev–Trinajstić information content (AvgIpc) is 2.19. The van der Waals surface area contributed by atoms with Crippen molar-refractivity contribution in [3.8, 4) is 0 Å². The predicted molar refractivity (Wildman–Crippen MR) is 79.2 cm³/mol. The molecule has 0 atom stereocenters. The molecular weight excluding hydrogens is 351 g/mol. The normalized spacial score (nSPS) is 13.6. The molecule has 0 spiro atoms. The van der Waals surface area contributed by atoms with Crippen molar-refractivity contribution in [1.29, 1.82) is 0 Å². The number of nitrogens with one attached hydrogen (secondary N) is 1. The summed E-state index contributed by atoms with van der Waals surface area (Å²) in [5, 5.41) is 10.00. The molecule has 5 nitrogen and oxygen atoms in total. The summed E-state index contributed by atoms with van der Waals surface area (Å²) >= 11 is 2.92. The molecule has 20 heavy (non-hydrogen) atoms. The molecule has 0 saturated heterocycles. The van der Waals surface area contributed by atoms with Gasteiger partial charge in [0.25, 0.3) is 0 Å². The lowest BCUT2D eigenvalue weighted by atomic mass is 9.87. The fourth-order valence-electron chi connectivity index (χ4n) is 1.29. The highest BCUT2D eigenvalue weighted by molar-refractivity contribution is 9.10. The van der Waals surface area contributed by atoms with Crippen molar-refractivity contribution in [3.63, 3.8) is 0 Å². The second kappa shape index (κ2) is 5.25. The van der Waals surface area contributed by atoms with Crippen LogP contribution in [0.15, 0.2) is 21.5 Å². The zero-order valence-corrected chi connectivity index (χ0v) is 14.1. The van der Waals surface area contributed by atoms with Crippen LogP contribution in [-0.4, -0.2) is 24.7 Å². The summed E-state index contributed by atoms with van der Waals surface area (Å²) in [6, 6.07) is 2.02. The maximum absolute atomic E-state index is 13.3. The first-order valence-electron chi connectivity index (χ1n) is 5.79. The fraction of sp³-hybridized carbons (Fsp3) is 0.500. The Morgan fingerprint density at radius 3 is 2.25 bits per heavy atom. The van der Waals surface area contributed by atoms with E-state index < -0.39 is 27.0 Å². The van der Waals surface area contributed by atoms with Gasteiger partial charge in [0.05, 0.1) is 21.3 Å². The third-order valence-electron chi connectivity index (χ3n) is 3.26. The van der Waals surface area contributed by atoms with Crippen LogP contribution in [0, 0.1) is 5.82 Å². The van der Waals surface area contributed by atoms with Gasteiger partial charge >= 0.3 is 0 Å². The number of rotatable bonds is 4. The largest absolute Gasteiger partial charge is 0.398 e. The lowest BCUT2D eigenvalue weighted by Gasteiger charge is -2.37. The number of anilines is 1. The van der Waals surface area contributed by atoms with Gasteiger partial charge in [0.2, 0.25) is 10.0 Å². The smallest absolute Gasteiger partial charge is 0.243 e. The van der Waals surface area contributed by atoms with Gasteiger partial charge in [-0.3, -0.25) is 0 Å². The van der Waals surface area contributed by atoms with Gasteiger partial charge < -0.3 is 10.8 Å². The maximum atomic E-state index is 13.3. The van der Waals surface area contributed by atoms with Gasteiger partial charge in [-0.1, -0.05) is 0 Å². The molecule has 0 fully saturated rings. The van der Waals surface area contributed by atoms with Gasteiger partial charge in [-0.25, -0.2) is 17.5 Å². The molecule has 0 unspecified atom stereocenters. The third-order valence-corrected chi connectivity index (χ3v) is 5.58. The molecule has 0 radical (unpaired) electrons. The van der Waals surface area contributed by atoms with Crippen LogP contribution >= 0.6 is 15.9 Å². The van der Waals surface area contributed by atoms with Crippen molar-refractivity contribution in [2.45, 2.75) is 43.7 Å². The van der Waals surface area contributed by atoms with Crippen molar-refractivity contribution >= 4 is 31.6 Å². The standard InChI is InChI=1S/C12H18BrFN2O3S/c1-11(2,12(3,4)17)16-20(18,19)10-5-7(13)8(14)6-9(10)15/h5-6,16-17H,15H2,1-4H3. The third kappa shape index (κ3) is 3.49. The number of hydrogen-bond donors (Lipinski definition) is 3. The summed E-state index contributed by atoms with van der Waals surface area (Å²) in [5.74, 6) is -0.650. The highest BCUT2D eigenvalue weighted by Gasteiger charge is 2.39. The van der Waals surface area contributed by atoms with Gasteiger partial charge in [-0.2, -0.15) is 0 Å². The molecule has 1 aromatic rings. The Kier molecular flexibility index (Phi) is 4.55. The van der Waals surface area contributed by atoms with E-state index in [4.69, 9.17) is 5.73 Å². The summed E-state index contributed by atoms with van der Waals surface area (Å²) in [6.45, 7) is 6.05. The lowest BCUT2D eigenvalue weighted by Crippen LogP contribution is -2.57. The molecule has 0 heterocycles. The number of halogens is 2. The molecule has 114 valence electrons. The molecule has 8 heteroatoms. The van der Waals surface area contributed by atoms with Crippen molar-refractivity contribution in [2.24, 2.45) is 0 Å². The number of hydrogen-bond acceptors (Lipinski definition) is 4. The van der Waals surface area contributed by atoms with Gasteiger partial charge in [0.1, 0.15) is 10.7 Å². The van der Waals surface area contributed by atoms with E-state index in [0.717, 1.165) is 12.1 Å². The number of benzene rings is 1. The second-order valence-corrected chi connectivity index (χ2v) is 8.10. The quantitative estimate of drug-likeness (QED) is 0.708. The van der Waals surface area contributed by atoms with E-state index in [1.807, 2.05) is 0 Å². The number of nitrogen functional groups attached to an aromatic ring is 1. The van der Waals surface area contributed by atoms with Gasteiger partial charge in [0.15, 0.2) is 0 Å². The summed E-state index contributed by atoms with van der Waals surface area (Å²) in [4.78, 5) is -0.247. The van der Waals surface area contributed by atoms with Crippen LogP contribution in [0.2, 0.25) is 0 Å². The van der Waals surface area contributed by atoms with Crippen LogP contribution in [0.3, 0.4) is 0 Å². The Bertz CT molecular complexity index is 624. The van der Waals surface area contributed by atoms with Crippen LogP contribution < -0.4 is 10.5 Å². The van der Waals surface area contributed by atoms with Crippen LogP contribution in [-0.2, 0) is 10.0 Å². The molecule has 0 amide bonds. The monoisotopic (exact) mass is 368 g/mol. The van der Waals surface area contributed by atoms with Crippen molar-refractivity contribution in [2.75, 3.05) is 5.73 Å². The molecule has 4 N–H and O–H groups in total. The van der Waals surface area contributed by atoms with E-state index in [1.54, 1.807) is 13.8 Å². The zero-order valence-electron chi connectivity index (χ0n) is 11.7. The Hall–Kier alpha value is -0.700. The van der Waals surface area contributed by atoms with Crippen molar-refractivity contribution < 1.29 is 17.9 Å². The Morgan fingerprint density at radius 1 is 1.30 bits per heavy atom. The molecule has 0 aliphatic rings. The SMILES string of the molecule is CC(C)(O)C(C)(C)NS(=O)(=O)c1cc(Br)c(F)cc1N. The van der Waals surface area contributed by atoms with E-state index in [2.05, 4.69) is 20.7 Å². The van der Waals surface area contributed by atoms with Gasteiger partial charge in [0, 0.05) is 0 Å². The van der Waals surface area contributed by atoms with E-state index in [-0.39, 0.29) is 15.1 Å². The lowest BCUT2D eigenvalue weighted by molar-refractivity contribution is 0.00639. The number of aliphatic hydroxyl groups is 1. The molecule has 0 aliphatic heterocycles. The first-order chi connectivity index (χ1) is 8.78. The minimum atomic E-state index is -4.00. The number of sulfonamides is 1. The first-order valence-corrected chi connectivity index (χ1v) is 8.06. The Labute approximate surface area is 126 Å². The predicted octanol–water partition coefficient (Wildman–Crippen LogP) is 2.00. The van der Waals surface area contributed by atoms with Crippen LogP contribution in [0.5, 0.6) is 0 Å². The molecule has 1 aromatic carbocycles. The van der Waals surface area contributed by atoms with Crippen LogP contribution in [0.1, 0.15) is 27.7 Å².